The van der Waals surface area contributed by atoms with Gasteiger partial charge in [-0.05, 0) is 32.1 Å². The third-order valence-electron chi connectivity index (χ3n) is 2.41. The van der Waals surface area contributed by atoms with Crippen molar-refractivity contribution in [3.8, 4) is 0 Å². The standard InChI is InChI=1S/C10H19NO3/c1-2-14-7-10(13)11-9(5-6-12)8-3-4-8/h8-9,12H,2-7H2,1H3,(H,11,13). The largest absolute Gasteiger partial charge is 0.396 e. The minimum absolute atomic E-state index is 0.0720. The van der Waals surface area contributed by atoms with Gasteiger partial charge in [-0.1, -0.05) is 0 Å². The number of aliphatic hydroxyl groups is 1. The number of hydrogen-bond acceptors (Lipinski definition) is 3. The minimum atomic E-state index is -0.0720. The van der Waals surface area contributed by atoms with Crippen molar-refractivity contribution in [2.75, 3.05) is 19.8 Å². The highest BCUT2D eigenvalue weighted by molar-refractivity contribution is 5.77. The molecule has 0 aliphatic heterocycles. The predicted octanol–water partition coefficient (Wildman–Crippen LogP) is 0.300. The second-order valence-electron chi connectivity index (χ2n) is 3.66. The molecular weight excluding hydrogens is 182 g/mol. The maximum atomic E-state index is 11.3. The molecule has 14 heavy (non-hydrogen) atoms. The lowest BCUT2D eigenvalue weighted by molar-refractivity contribution is -0.126. The topological polar surface area (TPSA) is 58.6 Å². The predicted molar refractivity (Wildman–Crippen MR) is 52.9 cm³/mol. The van der Waals surface area contributed by atoms with Crippen LogP contribution in [0, 0.1) is 5.92 Å². The molecule has 0 bridgehead atoms. The van der Waals surface area contributed by atoms with E-state index in [2.05, 4.69) is 5.32 Å². The van der Waals surface area contributed by atoms with Gasteiger partial charge in [-0.3, -0.25) is 4.79 Å². The summed E-state index contributed by atoms with van der Waals surface area (Å²) in [6.07, 6.45) is 2.99. The Kier molecular flexibility index (Phi) is 4.90. The molecule has 1 aliphatic rings. The molecule has 1 atom stereocenters. The number of ether oxygens (including phenoxy) is 1. The molecule has 0 radical (unpaired) electrons. The summed E-state index contributed by atoms with van der Waals surface area (Å²) in [6, 6.07) is 0.146. The molecule has 1 saturated carbocycles. The Bertz CT molecular complexity index is 180. The highest BCUT2D eigenvalue weighted by Crippen LogP contribution is 2.33. The first-order valence-electron chi connectivity index (χ1n) is 5.26. The number of nitrogens with one attached hydrogen (secondary N) is 1. The normalized spacial score (nSPS) is 17.9. The van der Waals surface area contributed by atoms with Crippen molar-refractivity contribution in [1.82, 2.24) is 5.32 Å². The SMILES string of the molecule is CCOCC(=O)NC(CCO)C1CC1. The quantitative estimate of drug-likeness (QED) is 0.623. The van der Waals surface area contributed by atoms with Crippen LogP contribution < -0.4 is 5.32 Å². The summed E-state index contributed by atoms with van der Waals surface area (Å²) in [5.41, 5.74) is 0. The fourth-order valence-corrected chi connectivity index (χ4v) is 1.51. The van der Waals surface area contributed by atoms with E-state index in [1.54, 1.807) is 0 Å². The van der Waals surface area contributed by atoms with Gasteiger partial charge in [0.15, 0.2) is 0 Å². The van der Waals surface area contributed by atoms with E-state index >= 15 is 0 Å². The first kappa shape index (κ1) is 11.5. The number of aliphatic hydroxyl groups excluding tert-OH is 1. The maximum absolute atomic E-state index is 11.3. The summed E-state index contributed by atoms with van der Waals surface area (Å²) in [5, 5.41) is 11.7. The molecule has 4 nitrogen and oxygen atoms in total. The van der Waals surface area contributed by atoms with Crippen LogP contribution in [0.4, 0.5) is 0 Å². The summed E-state index contributed by atoms with van der Waals surface area (Å²) >= 11 is 0. The Labute approximate surface area is 84.6 Å². The Balaban J connectivity index is 2.20. The van der Waals surface area contributed by atoms with E-state index in [0.717, 1.165) is 0 Å². The molecule has 2 N–H and O–H groups in total. The monoisotopic (exact) mass is 201 g/mol. The molecule has 1 amide bonds. The fraction of sp³-hybridized carbons (Fsp3) is 0.900. The molecule has 1 aliphatic carbocycles. The van der Waals surface area contributed by atoms with E-state index in [-0.39, 0.29) is 25.2 Å². The zero-order chi connectivity index (χ0) is 10.4. The van der Waals surface area contributed by atoms with E-state index in [0.29, 0.717) is 18.9 Å². The summed E-state index contributed by atoms with van der Waals surface area (Å²) in [7, 11) is 0. The smallest absolute Gasteiger partial charge is 0.246 e. The van der Waals surface area contributed by atoms with Crippen molar-refractivity contribution in [2.45, 2.75) is 32.2 Å². The molecule has 4 heteroatoms. The summed E-state index contributed by atoms with van der Waals surface area (Å²) in [4.78, 5) is 11.3. The number of hydrogen-bond donors (Lipinski definition) is 2. The third kappa shape index (κ3) is 4.07. The van der Waals surface area contributed by atoms with Crippen LogP contribution >= 0.6 is 0 Å². The average Bonchev–Trinajstić information content (AvgIpc) is 2.97. The summed E-state index contributed by atoms with van der Waals surface area (Å²) in [6.45, 7) is 2.68. The van der Waals surface area contributed by atoms with Crippen molar-refractivity contribution in [1.29, 1.82) is 0 Å². The van der Waals surface area contributed by atoms with Crippen LogP contribution in [0.15, 0.2) is 0 Å². The van der Waals surface area contributed by atoms with Gasteiger partial charge in [0.2, 0.25) is 5.91 Å². The Morgan fingerprint density at radius 1 is 1.64 bits per heavy atom. The zero-order valence-corrected chi connectivity index (χ0v) is 8.66. The number of carbonyl (C=O) groups is 1. The van der Waals surface area contributed by atoms with Crippen LogP contribution in [0.1, 0.15) is 26.2 Å². The number of carbonyl (C=O) groups excluding carboxylic acids is 1. The second-order valence-corrected chi connectivity index (χ2v) is 3.66. The molecule has 0 saturated heterocycles. The van der Waals surface area contributed by atoms with Crippen LogP contribution in [-0.2, 0) is 9.53 Å². The van der Waals surface area contributed by atoms with Gasteiger partial charge in [-0.15, -0.1) is 0 Å². The van der Waals surface area contributed by atoms with Gasteiger partial charge in [0, 0.05) is 19.3 Å². The van der Waals surface area contributed by atoms with Gasteiger partial charge in [0.1, 0.15) is 6.61 Å². The van der Waals surface area contributed by atoms with E-state index in [9.17, 15) is 4.79 Å². The number of amides is 1. The Morgan fingerprint density at radius 3 is 2.86 bits per heavy atom. The van der Waals surface area contributed by atoms with Gasteiger partial charge < -0.3 is 15.2 Å². The van der Waals surface area contributed by atoms with Crippen molar-refractivity contribution in [3.05, 3.63) is 0 Å². The van der Waals surface area contributed by atoms with Crippen LogP contribution in [-0.4, -0.2) is 36.9 Å². The molecule has 1 unspecified atom stereocenters. The molecule has 1 rings (SSSR count). The molecule has 0 aromatic carbocycles. The highest BCUT2D eigenvalue weighted by atomic mass is 16.5. The second kappa shape index (κ2) is 5.98. The molecule has 0 heterocycles. The lowest BCUT2D eigenvalue weighted by Gasteiger charge is -2.16. The molecule has 0 aromatic rings. The Hall–Kier alpha value is -0.610. The van der Waals surface area contributed by atoms with Gasteiger partial charge in [0.25, 0.3) is 0 Å². The zero-order valence-electron chi connectivity index (χ0n) is 8.66. The van der Waals surface area contributed by atoms with Crippen molar-refractivity contribution >= 4 is 5.91 Å². The lowest BCUT2D eigenvalue weighted by atomic mass is 10.1. The van der Waals surface area contributed by atoms with Gasteiger partial charge in [-0.2, -0.15) is 0 Å². The summed E-state index contributed by atoms with van der Waals surface area (Å²) < 4.78 is 5.00. The molecule has 82 valence electrons. The van der Waals surface area contributed by atoms with Crippen molar-refractivity contribution in [2.24, 2.45) is 5.92 Å². The van der Waals surface area contributed by atoms with Gasteiger partial charge in [-0.25, -0.2) is 0 Å². The first-order chi connectivity index (χ1) is 6.77. The highest BCUT2D eigenvalue weighted by Gasteiger charge is 2.31. The first-order valence-corrected chi connectivity index (χ1v) is 5.26. The molecule has 0 spiro atoms. The fourth-order valence-electron chi connectivity index (χ4n) is 1.51. The average molecular weight is 201 g/mol. The maximum Gasteiger partial charge on any atom is 0.246 e. The lowest BCUT2D eigenvalue weighted by Crippen LogP contribution is -2.39. The van der Waals surface area contributed by atoms with Crippen LogP contribution in [0.25, 0.3) is 0 Å². The van der Waals surface area contributed by atoms with Gasteiger partial charge >= 0.3 is 0 Å². The van der Waals surface area contributed by atoms with E-state index in [1.807, 2.05) is 6.92 Å². The molecule has 1 fully saturated rings. The van der Waals surface area contributed by atoms with Crippen molar-refractivity contribution < 1.29 is 14.6 Å². The van der Waals surface area contributed by atoms with Crippen LogP contribution in [0.3, 0.4) is 0 Å². The molecule has 0 aromatic heterocycles. The van der Waals surface area contributed by atoms with Crippen molar-refractivity contribution in [3.63, 3.8) is 0 Å². The molecular formula is C10H19NO3. The van der Waals surface area contributed by atoms with E-state index in [1.165, 1.54) is 12.8 Å². The third-order valence-corrected chi connectivity index (χ3v) is 2.41. The summed E-state index contributed by atoms with van der Waals surface area (Å²) in [5.74, 6) is 0.505. The van der Waals surface area contributed by atoms with E-state index < -0.39 is 0 Å². The number of rotatable bonds is 7. The minimum Gasteiger partial charge on any atom is -0.396 e. The van der Waals surface area contributed by atoms with E-state index in [4.69, 9.17) is 9.84 Å². The van der Waals surface area contributed by atoms with Gasteiger partial charge in [0.05, 0.1) is 0 Å². The Morgan fingerprint density at radius 2 is 2.36 bits per heavy atom. The van der Waals surface area contributed by atoms with Crippen LogP contribution in [0.5, 0.6) is 0 Å². The van der Waals surface area contributed by atoms with Crippen LogP contribution in [0.2, 0.25) is 0 Å².